The lowest BCUT2D eigenvalue weighted by Crippen LogP contribution is -2.48. The third-order valence-electron chi connectivity index (χ3n) is 4.36. The third kappa shape index (κ3) is 5.76. The molecular formula is C22H24ClNO5S. The van der Waals surface area contributed by atoms with Crippen molar-refractivity contribution in [2.24, 2.45) is 5.92 Å². The van der Waals surface area contributed by atoms with Gasteiger partial charge in [-0.3, -0.25) is 4.79 Å². The molecule has 2 rings (SSSR count). The van der Waals surface area contributed by atoms with Gasteiger partial charge in [-0.1, -0.05) is 37.3 Å². The molecule has 0 aliphatic carbocycles. The van der Waals surface area contributed by atoms with Gasteiger partial charge in [0.25, 0.3) is 0 Å². The SMILES string of the molecule is COC(=O)[C@H](C(C)C)N(CC#Cc1ccc(Cl)cc1)S(=O)(=O)c1ccc(OC)cc1. The Kier molecular flexibility index (Phi) is 8.30. The van der Waals surface area contributed by atoms with Crippen LogP contribution >= 0.6 is 11.6 Å². The molecule has 2 aromatic rings. The number of nitrogens with zero attached hydrogens (tertiary/aromatic N) is 1. The fourth-order valence-corrected chi connectivity index (χ4v) is 4.55. The summed E-state index contributed by atoms with van der Waals surface area (Å²) in [4.78, 5) is 12.5. The normalized spacial score (nSPS) is 12.2. The fraction of sp³-hybridized carbons (Fsp3) is 0.318. The Morgan fingerprint density at radius 3 is 2.17 bits per heavy atom. The molecular weight excluding hydrogens is 426 g/mol. The number of methoxy groups -OCH3 is 2. The van der Waals surface area contributed by atoms with E-state index < -0.39 is 22.0 Å². The van der Waals surface area contributed by atoms with Crippen molar-refractivity contribution < 1.29 is 22.7 Å². The van der Waals surface area contributed by atoms with E-state index in [0.29, 0.717) is 16.3 Å². The number of esters is 1. The van der Waals surface area contributed by atoms with E-state index in [4.69, 9.17) is 21.1 Å². The number of carbonyl (C=O) groups excluding carboxylic acids is 1. The molecule has 0 N–H and O–H groups in total. The number of benzene rings is 2. The van der Waals surface area contributed by atoms with Gasteiger partial charge in [-0.15, -0.1) is 0 Å². The number of hydrogen-bond donors (Lipinski definition) is 0. The molecule has 0 amide bonds. The summed E-state index contributed by atoms with van der Waals surface area (Å²) in [5.74, 6) is 5.31. The molecule has 2 aromatic carbocycles. The first-order valence-corrected chi connectivity index (χ1v) is 11.0. The summed E-state index contributed by atoms with van der Waals surface area (Å²) in [6, 6.07) is 11.8. The van der Waals surface area contributed by atoms with Crippen LogP contribution in [-0.4, -0.2) is 45.5 Å². The Balaban J connectivity index is 2.46. The van der Waals surface area contributed by atoms with Gasteiger partial charge in [0, 0.05) is 10.6 Å². The van der Waals surface area contributed by atoms with Crippen molar-refractivity contribution in [3.63, 3.8) is 0 Å². The summed E-state index contributed by atoms with van der Waals surface area (Å²) in [5.41, 5.74) is 0.681. The fourth-order valence-electron chi connectivity index (χ4n) is 2.81. The third-order valence-corrected chi connectivity index (χ3v) is 6.46. The van der Waals surface area contributed by atoms with Gasteiger partial charge < -0.3 is 9.47 Å². The topological polar surface area (TPSA) is 72.9 Å². The zero-order chi connectivity index (χ0) is 22.3. The van der Waals surface area contributed by atoms with Crippen molar-refractivity contribution >= 4 is 27.6 Å². The lowest BCUT2D eigenvalue weighted by atomic mass is 10.0. The zero-order valence-electron chi connectivity index (χ0n) is 17.3. The molecule has 0 bridgehead atoms. The number of halogens is 1. The van der Waals surface area contributed by atoms with Gasteiger partial charge in [-0.2, -0.15) is 4.31 Å². The van der Waals surface area contributed by atoms with E-state index in [-0.39, 0.29) is 17.4 Å². The zero-order valence-corrected chi connectivity index (χ0v) is 18.8. The lowest BCUT2D eigenvalue weighted by Gasteiger charge is -2.30. The maximum Gasteiger partial charge on any atom is 0.324 e. The van der Waals surface area contributed by atoms with Crippen LogP contribution in [0.3, 0.4) is 0 Å². The molecule has 0 spiro atoms. The van der Waals surface area contributed by atoms with Crippen LogP contribution in [0.1, 0.15) is 19.4 Å². The molecule has 8 heteroatoms. The largest absolute Gasteiger partial charge is 0.497 e. The Labute approximate surface area is 182 Å². The summed E-state index contributed by atoms with van der Waals surface area (Å²) >= 11 is 5.88. The molecule has 0 unspecified atom stereocenters. The summed E-state index contributed by atoms with van der Waals surface area (Å²) in [7, 11) is -1.31. The van der Waals surface area contributed by atoms with E-state index in [1.165, 1.54) is 26.4 Å². The van der Waals surface area contributed by atoms with Gasteiger partial charge >= 0.3 is 5.97 Å². The average molecular weight is 450 g/mol. The number of ether oxygens (including phenoxy) is 2. The van der Waals surface area contributed by atoms with Crippen LogP contribution < -0.4 is 4.74 Å². The molecule has 30 heavy (non-hydrogen) atoms. The first-order chi connectivity index (χ1) is 14.2. The summed E-state index contributed by atoms with van der Waals surface area (Å²) in [6.45, 7) is 3.32. The highest BCUT2D eigenvalue weighted by atomic mass is 35.5. The van der Waals surface area contributed by atoms with Gasteiger partial charge in [0.1, 0.15) is 11.8 Å². The van der Waals surface area contributed by atoms with E-state index in [0.717, 1.165) is 4.31 Å². The van der Waals surface area contributed by atoms with Crippen LogP contribution in [0.2, 0.25) is 5.02 Å². The van der Waals surface area contributed by atoms with Crippen molar-refractivity contribution in [1.82, 2.24) is 4.31 Å². The molecule has 0 aliphatic rings. The highest BCUT2D eigenvalue weighted by Crippen LogP contribution is 2.24. The predicted molar refractivity (Wildman–Crippen MR) is 116 cm³/mol. The predicted octanol–water partition coefficient (Wildman–Crippen LogP) is 3.59. The summed E-state index contributed by atoms with van der Waals surface area (Å²) in [5, 5.41) is 0.579. The minimum Gasteiger partial charge on any atom is -0.497 e. The molecule has 0 radical (unpaired) electrons. The molecule has 6 nitrogen and oxygen atoms in total. The molecule has 0 saturated carbocycles. The van der Waals surface area contributed by atoms with Crippen LogP contribution in [0.25, 0.3) is 0 Å². The molecule has 0 heterocycles. The molecule has 0 fully saturated rings. The minimum absolute atomic E-state index is 0.0335. The maximum atomic E-state index is 13.4. The van der Waals surface area contributed by atoms with Crippen LogP contribution in [0, 0.1) is 17.8 Å². The molecule has 0 aromatic heterocycles. The van der Waals surface area contributed by atoms with Crippen molar-refractivity contribution in [2.75, 3.05) is 20.8 Å². The second-order valence-electron chi connectivity index (χ2n) is 6.75. The van der Waals surface area contributed by atoms with Crippen LogP contribution in [0.4, 0.5) is 0 Å². The van der Waals surface area contributed by atoms with Gasteiger partial charge in [0.2, 0.25) is 10.0 Å². The van der Waals surface area contributed by atoms with Gasteiger partial charge in [-0.25, -0.2) is 8.42 Å². The summed E-state index contributed by atoms with van der Waals surface area (Å²) in [6.07, 6.45) is 0. The van der Waals surface area contributed by atoms with Crippen molar-refractivity contribution in [2.45, 2.75) is 24.8 Å². The Morgan fingerprint density at radius 1 is 1.07 bits per heavy atom. The first-order valence-electron chi connectivity index (χ1n) is 9.19. The molecule has 1 atom stereocenters. The quantitative estimate of drug-likeness (QED) is 0.477. The van der Waals surface area contributed by atoms with Gasteiger partial charge in [0.15, 0.2) is 0 Å². The van der Waals surface area contributed by atoms with Crippen LogP contribution in [0.15, 0.2) is 53.4 Å². The van der Waals surface area contributed by atoms with E-state index in [1.807, 2.05) is 0 Å². The van der Waals surface area contributed by atoms with Crippen molar-refractivity contribution in [3.8, 4) is 17.6 Å². The van der Waals surface area contributed by atoms with Crippen LogP contribution in [-0.2, 0) is 19.6 Å². The molecule has 0 aliphatic heterocycles. The van der Waals surface area contributed by atoms with Crippen molar-refractivity contribution in [3.05, 3.63) is 59.1 Å². The Bertz CT molecular complexity index is 1020. The monoisotopic (exact) mass is 449 g/mol. The molecule has 0 saturated heterocycles. The highest BCUT2D eigenvalue weighted by Gasteiger charge is 2.38. The van der Waals surface area contributed by atoms with E-state index in [2.05, 4.69) is 11.8 Å². The number of carbonyl (C=O) groups is 1. The Morgan fingerprint density at radius 2 is 1.67 bits per heavy atom. The van der Waals surface area contributed by atoms with E-state index in [9.17, 15) is 13.2 Å². The first kappa shape index (κ1) is 23.7. The lowest BCUT2D eigenvalue weighted by molar-refractivity contribution is -0.146. The minimum atomic E-state index is -4.03. The smallest absolute Gasteiger partial charge is 0.324 e. The number of sulfonamides is 1. The Hall–Kier alpha value is -2.53. The van der Waals surface area contributed by atoms with Crippen LogP contribution in [0.5, 0.6) is 5.75 Å². The summed E-state index contributed by atoms with van der Waals surface area (Å²) < 4.78 is 37.8. The highest BCUT2D eigenvalue weighted by molar-refractivity contribution is 7.89. The number of rotatable bonds is 7. The molecule has 160 valence electrons. The second-order valence-corrected chi connectivity index (χ2v) is 9.07. The van der Waals surface area contributed by atoms with Crippen molar-refractivity contribution in [1.29, 1.82) is 0 Å². The van der Waals surface area contributed by atoms with E-state index in [1.54, 1.807) is 50.2 Å². The average Bonchev–Trinajstić information content (AvgIpc) is 2.73. The standard InChI is InChI=1S/C22H24ClNO5S/c1-16(2)21(22(25)29-4)24(15-5-6-17-7-9-18(23)10-8-17)30(26,27)20-13-11-19(28-3)12-14-20/h7-14,16,21H,15H2,1-4H3/t21-/m0/s1. The maximum absolute atomic E-state index is 13.4. The van der Waals surface area contributed by atoms with E-state index >= 15 is 0 Å². The van der Waals surface area contributed by atoms with Gasteiger partial charge in [0.05, 0.1) is 25.7 Å². The van der Waals surface area contributed by atoms with Gasteiger partial charge in [-0.05, 0) is 54.4 Å². The number of hydrogen-bond acceptors (Lipinski definition) is 5. The second kappa shape index (κ2) is 10.5.